The summed E-state index contributed by atoms with van der Waals surface area (Å²) in [6.45, 7) is 5.41. The highest BCUT2D eigenvalue weighted by Crippen LogP contribution is 2.15. The molecule has 0 aliphatic rings. The van der Waals surface area contributed by atoms with Crippen LogP contribution in [0.5, 0.6) is 0 Å². The Kier molecular flexibility index (Phi) is 6.05. The van der Waals surface area contributed by atoms with Gasteiger partial charge in [0, 0.05) is 17.9 Å². The normalized spacial score (nSPS) is 11.7. The van der Waals surface area contributed by atoms with E-state index in [1.165, 1.54) is 20.0 Å². The van der Waals surface area contributed by atoms with Gasteiger partial charge in [-0.05, 0) is 36.6 Å². The van der Waals surface area contributed by atoms with Crippen LogP contribution in [0, 0.1) is 5.92 Å². The van der Waals surface area contributed by atoms with Crippen LogP contribution in [0.15, 0.2) is 24.3 Å². The number of amides is 1. The van der Waals surface area contributed by atoms with E-state index < -0.39 is 6.09 Å². The Morgan fingerprint density at radius 3 is 2.44 bits per heavy atom. The van der Waals surface area contributed by atoms with Gasteiger partial charge in [0.15, 0.2) is 0 Å². The van der Waals surface area contributed by atoms with Gasteiger partial charge in [0.1, 0.15) is 0 Å². The predicted octanol–water partition coefficient (Wildman–Crippen LogP) is 3.71. The summed E-state index contributed by atoms with van der Waals surface area (Å²) in [5, 5.41) is 5.99. The highest BCUT2D eigenvalue weighted by Gasteiger charge is 2.02. The third kappa shape index (κ3) is 5.08. The van der Waals surface area contributed by atoms with Crippen molar-refractivity contribution in [3.63, 3.8) is 0 Å². The van der Waals surface area contributed by atoms with Gasteiger partial charge >= 0.3 is 6.09 Å². The van der Waals surface area contributed by atoms with Gasteiger partial charge in [0.25, 0.3) is 0 Å². The molecule has 1 amide bonds. The van der Waals surface area contributed by atoms with Crippen molar-refractivity contribution in [2.24, 2.45) is 5.92 Å². The number of nitrogens with one attached hydrogen (secondary N) is 2. The number of anilines is 2. The average molecular weight is 250 g/mol. The van der Waals surface area contributed by atoms with Crippen molar-refractivity contribution in [1.29, 1.82) is 0 Å². The average Bonchev–Trinajstić information content (AvgIpc) is 2.38. The Morgan fingerprint density at radius 1 is 1.28 bits per heavy atom. The molecule has 100 valence electrons. The third-order valence-corrected chi connectivity index (χ3v) is 2.75. The van der Waals surface area contributed by atoms with Gasteiger partial charge < -0.3 is 10.1 Å². The summed E-state index contributed by atoms with van der Waals surface area (Å²) in [5.41, 5.74) is 1.79. The van der Waals surface area contributed by atoms with E-state index in [1.807, 2.05) is 24.3 Å². The van der Waals surface area contributed by atoms with Crippen molar-refractivity contribution >= 4 is 17.5 Å². The molecule has 0 saturated heterocycles. The standard InChI is InChI=1S/C14H22N2O2/c1-4-5-11(2)10-15-12-6-8-13(9-7-12)16-14(17)18-3/h6-9,11,15H,4-5,10H2,1-3H3,(H,16,17). The van der Waals surface area contributed by atoms with Gasteiger partial charge in [0.05, 0.1) is 7.11 Å². The van der Waals surface area contributed by atoms with Crippen LogP contribution in [0.1, 0.15) is 26.7 Å². The Bertz CT molecular complexity index is 363. The van der Waals surface area contributed by atoms with Crippen LogP contribution in [0.2, 0.25) is 0 Å². The van der Waals surface area contributed by atoms with E-state index in [4.69, 9.17) is 0 Å². The SMILES string of the molecule is CCCC(C)CNc1ccc(NC(=O)OC)cc1. The topological polar surface area (TPSA) is 50.4 Å². The summed E-state index contributed by atoms with van der Waals surface area (Å²) in [6.07, 6.45) is 1.99. The molecule has 0 saturated carbocycles. The fourth-order valence-corrected chi connectivity index (χ4v) is 1.73. The van der Waals surface area contributed by atoms with E-state index in [9.17, 15) is 4.79 Å². The van der Waals surface area contributed by atoms with Crippen molar-refractivity contribution < 1.29 is 9.53 Å². The molecule has 0 spiro atoms. The zero-order valence-corrected chi connectivity index (χ0v) is 11.3. The fraction of sp³-hybridized carbons (Fsp3) is 0.500. The lowest BCUT2D eigenvalue weighted by molar-refractivity contribution is 0.187. The molecule has 0 fully saturated rings. The van der Waals surface area contributed by atoms with Crippen LogP contribution in [0.4, 0.5) is 16.2 Å². The first-order valence-electron chi connectivity index (χ1n) is 6.34. The van der Waals surface area contributed by atoms with Crippen molar-refractivity contribution in [3.05, 3.63) is 24.3 Å². The second kappa shape index (κ2) is 7.58. The Hall–Kier alpha value is -1.71. The molecule has 2 N–H and O–H groups in total. The van der Waals surface area contributed by atoms with Crippen molar-refractivity contribution in [3.8, 4) is 0 Å². The molecule has 1 rings (SSSR count). The summed E-state index contributed by atoms with van der Waals surface area (Å²) < 4.78 is 4.52. The van der Waals surface area contributed by atoms with Gasteiger partial charge in [-0.25, -0.2) is 4.79 Å². The van der Waals surface area contributed by atoms with Crippen LogP contribution in [-0.4, -0.2) is 19.7 Å². The van der Waals surface area contributed by atoms with E-state index in [2.05, 4.69) is 29.2 Å². The summed E-state index contributed by atoms with van der Waals surface area (Å²) >= 11 is 0. The van der Waals surface area contributed by atoms with Crippen molar-refractivity contribution in [2.45, 2.75) is 26.7 Å². The van der Waals surface area contributed by atoms with Crippen LogP contribution in [0.25, 0.3) is 0 Å². The van der Waals surface area contributed by atoms with E-state index in [0.29, 0.717) is 5.92 Å². The minimum atomic E-state index is -0.452. The molecule has 0 radical (unpaired) electrons. The van der Waals surface area contributed by atoms with Crippen molar-refractivity contribution in [2.75, 3.05) is 24.3 Å². The van der Waals surface area contributed by atoms with Crippen molar-refractivity contribution in [1.82, 2.24) is 0 Å². The molecule has 1 unspecified atom stereocenters. The molecule has 0 bridgehead atoms. The minimum absolute atomic E-state index is 0.452. The fourth-order valence-electron chi connectivity index (χ4n) is 1.73. The van der Waals surface area contributed by atoms with E-state index >= 15 is 0 Å². The Labute approximate surface area is 109 Å². The summed E-state index contributed by atoms with van der Waals surface area (Å²) in [5.74, 6) is 0.669. The zero-order chi connectivity index (χ0) is 13.4. The second-order valence-electron chi connectivity index (χ2n) is 4.47. The van der Waals surface area contributed by atoms with Crippen LogP contribution in [0.3, 0.4) is 0 Å². The largest absolute Gasteiger partial charge is 0.453 e. The molecule has 1 atom stereocenters. The number of rotatable bonds is 6. The van der Waals surface area contributed by atoms with E-state index in [1.54, 1.807) is 0 Å². The zero-order valence-electron chi connectivity index (χ0n) is 11.3. The van der Waals surface area contributed by atoms with Crippen LogP contribution < -0.4 is 10.6 Å². The molecule has 1 aromatic rings. The van der Waals surface area contributed by atoms with Gasteiger partial charge in [-0.15, -0.1) is 0 Å². The maximum Gasteiger partial charge on any atom is 0.411 e. The molecule has 4 heteroatoms. The lowest BCUT2D eigenvalue weighted by atomic mass is 10.1. The third-order valence-electron chi connectivity index (χ3n) is 2.75. The second-order valence-corrected chi connectivity index (χ2v) is 4.47. The molecule has 4 nitrogen and oxygen atoms in total. The number of carbonyl (C=O) groups is 1. The monoisotopic (exact) mass is 250 g/mol. The van der Waals surface area contributed by atoms with E-state index in [0.717, 1.165) is 17.9 Å². The van der Waals surface area contributed by atoms with Crippen LogP contribution >= 0.6 is 0 Å². The van der Waals surface area contributed by atoms with Gasteiger partial charge in [0.2, 0.25) is 0 Å². The lowest BCUT2D eigenvalue weighted by Crippen LogP contribution is -2.12. The summed E-state index contributed by atoms with van der Waals surface area (Å²) in [6, 6.07) is 7.60. The first-order valence-corrected chi connectivity index (χ1v) is 6.34. The number of methoxy groups -OCH3 is 1. The minimum Gasteiger partial charge on any atom is -0.453 e. The maximum atomic E-state index is 11.0. The molecule has 18 heavy (non-hydrogen) atoms. The predicted molar refractivity (Wildman–Crippen MR) is 75.0 cm³/mol. The summed E-state index contributed by atoms with van der Waals surface area (Å²) in [7, 11) is 1.35. The number of benzene rings is 1. The van der Waals surface area contributed by atoms with Crippen LogP contribution in [-0.2, 0) is 4.74 Å². The highest BCUT2D eigenvalue weighted by molar-refractivity contribution is 5.84. The quantitative estimate of drug-likeness (QED) is 0.809. The molecule has 0 aromatic heterocycles. The molecule has 0 aliphatic carbocycles. The Balaban J connectivity index is 2.42. The molecular weight excluding hydrogens is 228 g/mol. The molecule has 0 heterocycles. The van der Waals surface area contributed by atoms with E-state index in [-0.39, 0.29) is 0 Å². The number of ether oxygens (including phenoxy) is 1. The Morgan fingerprint density at radius 2 is 1.89 bits per heavy atom. The van der Waals surface area contributed by atoms with Gasteiger partial charge in [-0.2, -0.15) is 0 Å². The van der Waals surface area contributed by atoms with Gasteiger partial charge in [-0.3, -0.25) is 5.32 Å². The molecule has 1 aromatic carbocycles. The first-order chi connectivity index (χ1) is 8.65. The number of hydrogen-bond donors (Lipinski definition) is 2. The number of carbonyl (C=O) groups excluding carboxylic acids is 1. The lowest BCUT2D eigenvalue weighted by Gasteiger charge is -2.13. The highest BCUT2D eigenvalue weighted by atomic mass is 16.5. The number of hydrogen-bond acceptors (Lipinski definition) is 3. The summed E-state index contributed by atoms with van der Waals surface area (Å²) in [4.78, 5) is 11.0. The smallest absolute Gasteiger partial charge is 0.411 e. The maximum absolute atomic E-state index is 11.0. The molecule has 0 aliphatic heterocycles. The van der Waals surface area contributed by atoms with Gasteiger partial charge in [-0.1, -0.05) is 20.3 Å². The molecular formula is C14H22N2O2. The first kappa shape index (κ1) is 14.4.